The second-order valence-corrected chi connectivity index (χ2v) is 6.93. The molecular formula is C22H26N2O3. The van der Waals surface area contributed by atoms with Crippen molar-refractivity contribution < 1.29 is 14.3 Å². The summed E-state index contributed by atoms with van der Waals surface area (Å²) in [6, 6.07) is 15.5. The van der Waals surface area contributed by atoms with E-state index in [0.29, 0.717) is 24.4 Å². The van der Waals surface area contributed by atoms with Crippen LogP contribution >= 0.6 is 0 Å². The molecule has 1 aliphatic carbocycles. The van der Waals surface area contributed by atoms with E-state index in [9.17, 15) is 9.59 Å². The van der Waals surface area contributed by atoms with E-state index in [1.165, 1.54) is 11.1 Å². The van der Waals surface area contributed by atoms with Crippen LogP contribution in [0.5, 0.6) is 0 Å². The highest BCUT2D eigenvalue weighted by Gasteiger charge is 2.26. The molecular weight excluding hydrogens is 340 g/mol. The molecule has 2 aromatic rings. The van der Waals surface area contributed by atoms with Crippen LogP contribution in [-0.2, 0) is 16.0 Å². The predicted molar refractivity (Wildman–Crippen MR) is 106 cm³/mol. The molecule has 0 aliphatic heterocycles. The minimum absolute atomic E-state index is 0.0665. The lowest BCUT2D eigenvalue weighted by atomic mass is 10.1. The number of nitrogens with one attached hydrogen (secondary N) is 1. The van der Waals surface area contributed by atoms with E-state index in [-0.39, 0.29) is 17.9 Å². The number of carbonyl (C=O) groups excluding carboxylic acids is 2. The molecule has 1 unspecified atom stereocenters. The summed E-state index contributed by atoms with van der Waals surface area (Å²) >= 11 is 0. The summed E-state index contributed by atoms with van der Waals surface area (Å²) in [5.41, 5.74) is 3.86. The quantitative estimate of drug-likeness (QED) is 0.757. The summed E-state index contributed by atoms with van der Waals surface area (Å²) in [5, 5.41) is 2.90. The van der Waals surface area contributed by atoms with Crippen molar-refractivity contribution in [2.24, 2.45) is 0 Å². The van der Waals surface area contributed by atoms with Gasteiger partial charge in [-0.05, 0) is 61.7 Å². The Hall–Kier alpha value is -2.66. The van der Waals surface area contributed by atoms with E-state index in [0.717, 1.165) is 19.3 Å². The van der Waals surface area contributed by atoms with Gasteiger partial charge in [0.25, 0.3) is 0 Å². The number of fused-ring (bicyclic) bond motifs is 1. The molecule has 5 nitrogen and oxygen atoms in total. The zero-order valence-electron chi connectivity index (χ0n) is 15.9. The summed E-state index contributed by atoms with van der Waals surface area (Å²) in [4.78, 5) is 26.3. The summed E-state index contributed by atoms with van der Waals surface area (Å²) < 4.78 is 5.10. The van der Waals surface area contributed by atoms with Gasteiger partial charge in [0.15, 0.2) is 0 Å². The van der Waals surface area contributed by atoms with Gasteiger partial charge in [-0.15, -0.1) is 0 Å². The maximum Gasteiger partial charge on any atom is 0.338 e. The molecule has 0 saturated carbocycles. The molecule has 1 atom stereocenters. The monoisotopic (exact) mass is 366 g/mol. The molecule has 1 amide bonds. The van der Waals surface area contributed by atoms with E-state index >= 15 is 0 Å². The van der Waals surface area contributed by atoms with Gasteiger partial charge in [0.05, 0.1) is 18.7 Å². The minimum atomic E-state index is -0.339. The highest BCUT2D eigenvalue weighted by atomic mass is 16.5. The zero-order chi connectivity index (χ0) is 19.2. The van der Waals surface area contributed by atoms with Crippen LogP contribution in [0.15, 0.2) is 48.5 Å². The molecule has 27 heavy (non-hydrogen) atoms. The Bertz CT molecular complexity index is 801. The number of carbonyl (C=O) groups is 2. The van der Waals surface area contributed by atoms with E-state index in [4.69, 9.17) is 4.74 Å². The first kappa shape index (κ1) is 19.1. The lowest BCUT2D eigenvalue weighted by Gasteiger charge is -2.24. The van der Waals surface area contributed by atoms with Crippen molar-refractivity contribution in [3.8, 4) is 0 Å². The van der Waals surface area contributed by atoms with Gasteiger partial charge >= 0.3 is 5.97 Å². The first-order valence-corrected chi connectivity index (χ1v) is 9.43. The van der Waals surface area contributed by atoms with Crippen molar-refractivity contribution in [3.63, 3.8) is 0 Å². The van der Waals surface area contributed by atoms with Crippen molar-refractivity contribution in [2.45, 2.75) is 32.2 Å². The molecule has 1 aliphatic rings. The maximum atomic E-state index is 12.4. The first-order chi connectivity index (χ1) is 13.1. The molecule has 2 aromatic carbocycles. The molecule has 0 bridgehead atoms. The smallest absolute Gasteiger partial charge is 0.338 e. The Morgan fingerprint density at radius 2 is 1.89 bits per heavy atom. The molecule has 0 fully saturated rings. The third-order valence-electron chi connectivity index (χ3n) is 4.87. The number of benzene rings is 2. The molecule has 142 valence electrons. The molecule has 3 rings (SSSR count). The number of nitrogens with zero attached hydrogens (tertiary/aromatic N) is 1. The number of anilines is 1. The third-order valence-corrected chi connectivity index (χ3v) is 4.87. The lowest BCUT2D eigenvalue weighted by molar-refractivity contribution is -0.117. The number of ether oxygens (including phenoxy) is 1. The maximum absolute atomic E-state index is 12.4. The SMILES string of the molecule is CCCOC(=O)c1ccc(NC(=O)CN(C)C2CCc3ccccc32)cc1. The second kappa shape index (κ2) is 8.82. The fraction of sp³-hybridized carbons (Fsp3) is 0.364. The average molecular weight is 366 g/mol. The average Bonchev–Trinajstić information content (AvgIpc) is 3.11. The standard InChI is InChI=1S/C22H26N2O3/c1-3-14-27-22(26)17-8-11-18(12-9-17)23-21(25)15-24(2)20-13-10-16-6-4-5-7-19(16)20/h4-9,11-12,20H,3,10,13-15H2,1-2H3,(H,23,25). The number of esters is 1. The van der Waals surface area contributed by atoms with Crippen LogP contribution in [-0.4, -0.2) is 37.0 Å². The van der Waals surface area contributed by atoms with Crippen LogP contribution in [0.25, 0.3) is 0 Å². The summed E-state index contributed by atoms with van der Waals surface area (Å²) in [6.45, 7) is 2.68. The van der Waals surface area contributed by atoms with Gasteiger partial charge in [-0.25, -0.2) is 4.79 Å². The number of hydrogen-bond acceptors (Lipinski definition) is 4. The Kier molecular flexibility index (Phi) is 6.24. The molecule has 5 heteroatoms. The molecule has 1 N–H and O–H groups in total. The van der Waals surface area contributed by atoms with Crippen LogP contribution in [0, 0.1) is 0 Å². The van der Waals surface area contributed by atoms with Gasteiger partial charge in [0.2, 0.25) is 5.91 Å². The lowest BCUT2D eigenvalue weighted by Crippen LogP contribution is -2.32. The zero-order valence-corrected chi connectivity index (χ0v) is 15.9. The van der Waals surface area contributed by atoms with Crippen LogP contribution in [0.2, 0.25) is 0 Å². The summed E-state index contributed by atoms with van der Waals surface area (Å²) in [5.74, 6) is -0.405. The van der Waals surface area contributed by atoms with E-state index in [2.05, 4.69) is 34.5 Å². The number of amides is 1. The van der Waals surface area contributed by atoms with Gasteiger partial charge in [-0.3, -0.25) is 9.69 Å². The highest BCUT2D eigenvalue weighted by molar-refractivity contribution is 5.94. The fourth-order valence-electron chi connectivity index (χ4n) is 3.50. The first-order valence-electron chi connectivity index (χ1n) is 9.43. The highest BCUT2D eigenvalue weighted by Crippen LogP contribution is 2.34. The molecule has 0 radical (unpaired) electrons. The number of rotatable bonds is 7. The predicted octanol–water partition coefficient (Wildman–Crippen LogP) is 3.81. The normalized spacial score (nSPS) is 15.4. The van der Waals surface area contributed by atoms with Crippen molar-refractivity contribution in [3.05, 3.63) is 65.2 Å². The minimum Gasteiger partial charge on any atom is -0.462 e. The Morgan fingerprint density at radius 1 is 1.15 bits per heavy atom. The molecule has 0 saturated heterocycles. The van der Waals surface area contributed by atoms with Crippen LogP contribution in [0.4, 0.5) is 5.69 Å². The Morgan fingerprint density at radius 3 is 2.63 bits per heavy atom. The van der Waals surface area contributed by atoms with Crippen molar-refractivity contribution in [1.82, 2.24) is 4.90 Å². The molecule has 0 spiro atoms. The van der Waals surface area contributed by atoms with Crippen LogP contribution in [0.3, 0.4) is 0 Å². The number of aryl methyl sites for hydroxylation is 1. The third kappa shape index (κ3) is 4.74. The van der Waals surface area contributed by atoms with Crippen LogP contribution < -0.4 is 5.32 Å². The summed E-state index contributed by atoms with van der Waals surface area (Å²) in [7, 11) is 1.99. The molecule has 0 aromatic heterocycles. The van der Waals surface area contributed by atoms with Gasteiger partial charge in [-0.2, -0.15) is 0 Å². The van der Waals surface area contributed by atoms with Gasteiger partial charge in [0, 0.05) is 11.7 Å². The number of likely N-dealkylation sites (N-methyl/N-ethyl adjacent to an activating group) is 1. The largest absolute Gasteiger partial charge is 0.462 e. The second-order valence-electron chi connectivity index (χ2n) is 6.93. The molecule has 0 heterocycles. The van der Waals surface area contributed by atoms with E-state index < -0.39 is 0 Å². The summed E-state index contributed by atoms with van der Waals surface area (Å²) in [6.07, 6.45) is 2.89. The van der Waals surface area contributed by atoms with E-state index in [1.54, 1.807) is 24.3 Å². The topological polar surface area (TPSA) is 58.6 Å². The van der Waals surface area contributed by atoms with Gasteiger partial charge in [-0.1, -0.05) is 31.2 Å². The van der Waals surface area contributed by atoms with Crippen molar-refractivity contribution in [1.29, 1.82) is 0 Å². The van der Waals surface area contributed by atoms with Gasteiger partial charge in [0.1, 0.15) is 0 Å². The van der Waals surface area contributed by atoms with E-state index in [1.807, 2.05) is 14.0 Å². The van der Waals surface area contributed by atoms with Gasteiger partial charge < -0.3 is 10.1 Å². The van der Waals surface area contributed by atoms with Crippen molar-refractivity contribution in [2.75, 3.05) is 25.5 Å². The Labute approximate surface area is 160 Å². The number of hydrogen-bond donors (Lipinski definition) is 1. The fourth-order valence-corrected chi connectivity index (χ4v) is 3.50. The Balaban J connectivity index is 1.54. The van der Waals surface area contributed by atoms with Crippen molar-refractivity contribution >= 4 is 17.6 Å². The van der Waals surface area contributed by atoms with Crippen LogP contribution in [0.1, 0.15) is 47.3 Å².